The van der Waals surface area contributed by atoms with Gasteiger partial charge in [0.05, 0.1) is 18.7 Å². The third kappa shape index (κ3) is 3.76. The van der Waals surface area contributed by atoms with Gasteiger partial charge in [-0.3, -0.25) is 0 Å². The van der Waals surface area contributed by atoms with Gasteiger partial charge >= 0.3 is 5.97 Å². The SMILES string of the molecule is COc1ccccc1OCCC(C)(C)c1nc(C(=O)O)cs1. The number of nitrogens with zero attached hydrogens (tertiary/aromatic N) is 1. The lowest BCUT2D eigenvalue weighted by Crippen LogP contribution is -2.21. The van der Waals surface area contributed by atoms with E-state index < -0.39 is 5.97 Å². The number of benzene rings is 1. The van der Waals surface area contributed by atoms with E-state index in [1.54, 1.807) is 12.5 Å². The van der Waals surface area contributed by atoms with Gasteiger partial charge in [-0.15, -0.1) is 11.3 Å². The summed E-state index contributed by atoms with van der Waals surface area (Å²) in [5.74, 6) is 0.400. The van der Waals surface area contributed by atoms with Crippen molar-refractivity contribution < 1.29 is 19.4 Å². The normalized spacial score (nSPS) is 11.2. The Balaban J connectivity index is 1.98. The standard InChI is InChI=1S/C16H19NO4S/c1-16(2,15-17-11(10-22-15)14(18)19)8-9-21-13-7-5-4-6-12(13)20-3/h4-7,10H,8-9H2,1-3H3,(H,18,19). The highest BCUT2D eigenvalue weighted by Crippen LogP contribution is 2.31. The van der Waals surface area contributed by atoms with Crippen LogP contribution in [0.25, 0.3) is 0 Å². The molecule has 1 heterocycles. The van der Waals surface area contributed by atoms with Crippen LogP contribution in [0.3, 0.4) is 0 Å². The Labute approximate surface area is 133 Å². The molecule has 0 bridgehead atoms. The van der Waals surface area contributed by atoms with Crippen LogP contribution >= 0.6 is 11.3 Å². The van der Waals surface area contributed by atoms with Crippen molar-refractivity contribution in [2.45, 2.75) is 25.7 Å². The monoisotopic (exact) mass is 321 g/mol. The van der Waals surface area contributed by atoms with Crippen LogP contribution in [0.4, 0.5) is 0 Å². The maximum atomic E-state index is 10.9. The topological polar surface area (TPSA) is 68.7 Å². The number of carboxylic acid groups (broad SMARTS) is 1. The number of aromatic carboxylic acids is 1. The van der Waals surface area contributed by atoms with E-state index in [4.69, 9.17) is 14.6 Å². The quantitative estimate of drug-likeness (QED) is 0.844. The van der Waals surface area contributed by atoms with Crippen LogP contribution in [-0.4, -0.2) is 29.8 Å². The molecular weight excluding hydrogens is 302 g/mol. The number of para-hydroxylation sites is 2. The van der Waals surface area contributed by atoms with Gasteiger partial charge in [-0.25, -0.2) is 9.78 Å². The average molecular weight is 321 g/mol. The second-order valence-electron chi connectivity index (χ2n) is 5.48. The Bertz CT molecular complexity index is 651. The van der Waals surface area contributed by atoms with Crippen molar-refractivity contribution in [2.24, 2.45) is 0 Å². The van der Waals surface area contributed by atoms with Gasteiger partial charge in [-0.05, 0) is 18.6 Å². The van der Waals surface area contributed by atoms with E-state index in [1.807, 2.05) is 38.1 Å². The molecule has 1 N–H and O–H groups in total. The summed E-state index contributed by atoms with van der Waals surface area (Å²) in [6.45, 7) is 4.56. The lowest BCUT2D eigenvalue weighted by molar-refractivity contribution is 0.0691. The molecular formula is C16H19NO4S. The number of ether oxygens (including phenoxy) is 2. The van der Waals surface area contributed by atoms with Gasteiger partial charge in [0.15, 0.2) is 17.2 Å². The largest absolute Gasteiger partial charge is 0.493 e. The maximum Gasteiger partial charge on any atom is 0.355 e. The van der Waals surface area contributed by atoms with Crippen molar-refractivity contribution in [1.29, 1.82) is 0 Å². The number of hydrogen-bond acceptors (Lipinski definition) is 5. The van der Waals surface area contributed by atoms with Crippen LogP contribution in [0.2, 0.25) is 0 Å². The molecule has 0 radical (unpaired) electrons. The third-order valence-corrected chi connectivity index (χ3v) is 4.56. The number of thiazole rings is 1. The molecule has 0 aliphatic carbocycles. The molecule has 2 rings (SSSR count). The molecule has 0 amide bonds. The van der Waals surface area contributed by atoms with Crippen LogP contribution in [0.5, 0.6) is 11.5 Å². The zero-order chi connectivity index (χ0) is 16.2. The number of hydrogen-bond donors (Lipinski definition) is 1. The van der Waals surface area contributed by atoms with Crippen LogP contribution in [0.1, 0.15) is 35.8 Å². The van der Waals surface area contributed by atoms with Gasteiger partial charge in [-0.2, -0.15) is 0 Å². The molecule has 0 aliphatic rings. The molecule has 0 aliphatic heterocycles. The van der Waals surface area contributed by atoms with Gasteiger partial charge in [0.25, 0.3) is 0 Å². The number of rotatable bonds is 7. The summed E-state index contributed by atoms with van der Waals surface area (Å²) in [5.41, 5.74) is -0.154. The van der Waals surface area contributed by atoms with Crippen molar-refractivity contribution in [1.82, 2.24) is 4.98 Å². The highest BCUT2D eigenvalue weighted by Gasteiger charge is 2.25. The molecule has 0 fully saturated rings. The van der Waals surface area contributed by atoms with E-state index >= 15 is 0 Å². The fourth-order valence-corrected chi connectivity index (χ4v) is 2.89. The van der Waals surface area contributed by atoms with Gasteiger partial charge in [-0.1, -0.05) is 26.0 Å². The van der Waals surface area contributed by atoms with Crippen molar-refractivity contribution in [3.8, 4) is 11.5 Å². The molecule has 1 aromatic carbocycles. The minimum atomic E-state index is -0.997. The predicted octanol–water partition coefficient (Wildman–Crippen LogP) is 3.60. The fraction of sp³-hybridized carbons (Fsp3) is 0.375. The molecule has 22 heavy (non-hydrogen) atoms. The van der Waals surface area contributed by atoms with E-state index in [0.717, 1.165) is 11.4 Å². The molecule has 2 aromatic rings. The average Bonchev–Trinajstić information content (AvgIpc) is 2.98. The lowest BCUT2D eigenvalue weighted by Gasteiger charge is -2.22. The zero-order valence-corrected chi connectivity index (χ0v) is 13.6. The van der Waals surface area contributed by atoms with E-state index in [0.29, 0.717) is 18.1 Å². The third-order valence-electron chi connectivity index (χ3n) is 3.36. The fourth-order valence-electron chi connectivity index (χ4n) is 1.94. The number of methoxy groups -OCH3 is 1. The van der Waals surface area contributed by atoms with E-state index in [1.165, 1.54) is 11.3 Å². The summed E-state index contributed by atoms with van der Waals surface area (Å²) in [6, 6.07) is 7.49. The smallest absolute Gasteiger partial charge is 0.355 e. The van der Waals surface area contributed by atoms with Gasteiger partial charge < -0.3 is 14.6 Å². The Hall–Kier alpha value is -2.08. The Kier molecular flexibility index (Phi) is 5.03. The first kappa shape index (κ1) is 16.3. The first-order valence-corrected chi connectivity index (χ1v) is 7.77. The first-order chi connectivity index (χ1) is 10.4. The highest BCUT2D eigenvalue weighted by atomic mass is 32.1. The second-order valence-corrected chi connectivity index (χ2v) is 6.33. The van der Waals surface area contributed by atoms with Gasteiger partial charge in [0, 0.05) is 10.8 Å². The molecule has 1 aromatic heterocycles. The second kappa shape index (κ2) is 6.79. The zero-order valence-electron chi connectivity index (χ0n) is 12.8. The van der Waals surface area contributed by atoms with Crippen LogP contribution in [-0.2, 0) is 5.41 Å². The number of carbonyl (C=O) groups is 1. The summed E-state index contributed by atoms with van der Waals surface area (Å²) in [4.78, 5) is 15.1. The maximum absolute atomic E-state index is 10.9. The van der Waals surface area contributed by atoms with Crippen molar-refractivity contribution in [3.63, 3.8) is 0 Å². The minimum absolute atomic E-state index is 0.0960. The van der Waals surface area contributed by atoms with E-state index in [9.17, 15) is 4.79 Å². The predicted molar refractivity (Wildman–Crippen MR) is 85.2 cm³/mol. The molecule has 5 nitrogen and oxygen atoms in total. The van der Waals surface area contributed by atoms with Crippen molar-refractivity contribution in [3.05, 3.63) is 40.3 Å². The van der Waals surface area contributed by atoms with E-state index in [-0.39, 0.29) is 11.1 Å². The number of aromatic nitrogens is 1. The molecule has 0 saturated heterocycles. The molecule has 0 saturated carbocycles. The summed E-state index contributed by atoms with van der Waals surface area (Å²) < 4.78 is 11.0. The molecule has 6 heteroatoms. The minimum Gasteiger partial charge on any atom is -0.493 e. The van der Waals surface area contributed by atoms with E-state index in [2.05, 4.69) is 4.98 Å². The van der Waals surface area contributed by atoms with Crippen LogP contribution in [0.15, 0.2) is 29.6 Å². The summed E-state index contributed by atoms with van der Waals surface area (Å²) >= 11 is 1.37. The summed E-state index contributed by atoms with van der Waals surface area (Å²) in [7, 11) is 1.61. The molecule has 0 unspecified atom stereocenters. The molecule has 0 spiro atoms. The summed E-state index contributed by atoms with van der Waals surface area (Å²) in [6.07, 6.45) is 0.720. The van der Waals surface area contributed by atoms with Crippen molar-refractivity contribution in [2.75, 3.05) is 13.7 Å². The summed E-state index contributed by atoms with van der Waals surface area (Å²) in [5, 5.41) is 11.3. The van der Waals surface area contributed by atoms with Crippen LogP contribution in [0, 0.1) is 0 Å². The molecule has 118 valence electrons. The first-order valence-electron chi connectivity index (χ1n) is 6.89. The number of carboxylic acids is 1. The highest BCUT2D eigenvalue weighted by molar-refractivity contribution is 7.10. The Morgan fingerprint density at radius 3 is 2.59 bits per heavy atom. The van der Waals surface area contributed by atoms with Gasteiger partial charge in [0.2, 0.25) is 0 Å². The molecule has 0 atom stereocenters. The van der Waals surface area contributed by atoms with Crippen molar-refractivity contribution >= 4 is 17.3 Å². The van der Waals surface area contributed by atoms with Crippen LogP contribution < -0.4 is 9.47 Å². The Morgan fingerprint density at radius 1 is 1.32 bits per heavy atom. The lowest BCUT2D eigenvalue weighted by atomic mass is 9.90. The Morgan fingerprint density at radius 2 is 2.00 bits per heavy atom. The van der Waals surface area contributed by atoms with Gasteiger partial charge in [0.1, 0.15) is 0 Å².